The molecule has 31 heavy (non-hydrogen) atoms. The van der Waals surface area contributed by atoms with Gasteiger partial charge in [0.25, 0.3) is 0 Å². The number of benzene rings is 1. The maximum atomic E-state index is 14.5. The summed E-state index contributed by atoms with van der Waals surface area (Å²) in [6.45, 7) is 7.40. The number of hydrogen-bond acceptors (Lipinski definition) is 4. The summed E-state index contributed by atoms with van der Waals surface area (Å²) in [5, 5.41) is 7.38. The van der Waals surface area contributed by atoms with Crippen LogP contribution in [0.25, 0.3) is 0 Å². The molecule has 2 heterocycles. The molecule has 1 aliphatic heterocycles. The van der Waals surface area contributed by atoms with Crippen molar-refractivity contribution in [3.05, 3.63) is 42.0 Å². The Balaban J connectivity index is 0.00000341. The van der Waals surface area contributed by atoms with Gasteiger partial charge in [-0.05, 0) is 31.5 Å². The third-order valence-corrected chi connectivity index (χ3v) is 5.30. The minimum Gasteiger partial charge on any atom is -0.370 e. The molecule has 10 heteroatoms. The average Bonchev–Trinajstić information content (AvgIpc) is 3.16. The molecule has 1 aliphatic rings. The normalized spacial score (nSPS) is 14.5. The molecule has 0 unspecified atom stereocenters. The highest BCUT2D eigenvalue weighted by Gasteiger charge is 2.27. The Kier molecular flexibility index (Phi) is 9.08. The van der Waals surface area contributed by atoms with Crippen LogP contribution in [0.4, 0.5) is 15.8 Å². The number of aromatic nitrogens is 2. The van der Waals surface area contributed by atoms with E-state index in [0.717, 1.165) is 24.3 Å². The van der Waals surface area contributed by atoms with Crippen molar-refractivity contribution < 1.29 is 9.18 Å². The van der Waals surface area contributed by atoms with Gasteiger partial charge in [-0.1, -0.05) is 6.07 Å². The fourth-order valence-electron chi connectivity index (χ4n) is 3.67. The van der Waals surface area contributed by atoms with E-state index >= 15 is 0 Å². The molecule has 0 atom stereocenters. The molecular weight excluding hydrogens is 512 g/mol. The van der Waals surface area contributed by atoms with E-state index in [1.165, 1.54) is 0 Å². The molecule has 1 aromatic heterocycles. The van der Waals surface area contributed by atoms with Crippen molar-refractivity contribution in [2.75, 3.05) is 49.6 Å². The van der Waals surface area contributed by atoms with Crippen molar-refractivity contribution in [3.8, 4) is 0 Å². The van der Waals surface area contributed by atoms with Crippen LogP contribution in [0.3, 0.4) is 0 Å². The summed E-state index contributed by atoms with van der Waals surface area (Å²) in [6.07, 6.45) is 3.52. The number of amides is 1. The van der Waals surface area contributed by atoms with Gasteiger partial charge < -0.3 is 20.0 Å². The third-order valence-electron chi connectivity index (χ3n) is 5.30. The molecule has 0 bridgehead atoms. The van der Waals surface area contributed by atoms with E-state index in [0.29, 0.717) is 31.3 Å². The lowest BCUT2D eigenvalue weighted by Gasteiger charge is -2.35. The fraction of sp³-hybridized carbons (Fsp3) is 0.476. The molecular formula is C21H31FIN7O. The molecule has 0 aliphatic carbocycles. The van der Waals surface area contributed by atoms with Gasteiger partial charge in [-0.2, -0.15) is 5.10 Å². The van der Waals surface area contributed by atoms with Crippen LogP contribution in [0.15, 0.2) is 35.6 Å². The first-order chi connectivity index (χ1) is 14.5. The zero-order valence-electron chi connectivity index (χ0n) is 18.5. The molecule has 170 valence electrons. The molecule has 1 fully saturated rings. The summed E-state index contributed by atoms with van der Waals surface area (Å²) < 4.78 is 16.2. The fourth-order valence-corrected chi connectivity index (χ4v) is 3.67. The Morgan fingerprint density at radius 3 is 2.58 bits per heavy atom. The van der Waals surface area contributed by atoms with Crippen LogP contribution in [0.1, 0.15) is 19.4 Å². The second kappa shape index (κ2) is 11.3. The molecule has 1 amide bonds. The molecule has 8 nitrogen and oxygen atoms in total. The molecule has 0 spiro atoms. The van der Waals surface area contributed by atoms with Crippen molar-refractivity contribution in [2.24, 2.45) is 12.0 Å². The van der Waals surface area contributed by atoms with Crippen LogP contribution in [0, 0.1) is 5.82 Å². The second-order valence-electron chi connectivity index (χ2n) is 7.20. The van der Waals surface area contributed by atoms with E-state index in [1.54, 1.807) is 28.9 Å². The van der Waals surface area contributed by atoms with Crippen molar-refractivity contribution >= 4 is 47.2 Å². The zero-order valence-corrected chi connectivity index (χ0v) is 20.8. The Morgan fingerprint density at radius 1 is 1.29 bits per heavy atom. The van der Waals surface area contributed by atoms with Crippen molar-refractivity contribution in [1.29, 1.82) is 0 Å². The number of halogens is 2. The first kappa shape index (κ1) is 24.9. The number of nitrogens with zero attached hydrogens (tertiary/aromatic N) is 6. The van der Waals surface area contributed by atoms with Gasteiger partial charge in [-0.15, -0.1) is 24.0 Å². The van der Waals surface area contributed by atoms with Crippen LogP contribution >= 0.6 is 24.0 Å². The van der Waals surface area contributed by atoms with Crippen LogP contribution in [0.5, 0.6) is 0 Å². The average molecular weight is 543 g/mol. The highest BCUT2D eigenvalue weighted by molar-refractivity contribution is 14.0. The molecule has 2 aromatic rings. The van der Waals surface area contributed by atoms with E-state index in [1.807, 2.05) is 49.0 Å². The molecule has 1 aromatic carbocycles. The minimum atomic E-state index is -0.228. The van der Waals surface area contributed by atoms with Crippen molar-refractivity contribution in [2.45, 2.75) is 20.4 Å². The van der Waals surface area contributed by atoms with E-state index in [4.69, 9.17) is 0 Å². The van der Waals surface area contributed by atoms with Crippen LogP contribution in [-0.4, -0.2) is 66.3 Å². The topological polar surface area (TPSA) is 69.0 Å². The van der Waals surface area contributed by atoms with Gasteiger partial charge in [0, 0.05) is 53.0 Å². The maximum Gasteiger partial charge on any atom is 0.246 e. The predicted octanol–water partition coefficient (Wildman–Crippen LogP) is 2.45. The predicted molar refractivity (Wildman–Crippen MR) is 133 cm³/mol. The summed E-state index contributed by atoms with van der Waals surface area (Å²) >= 11 is 0. The quantitative estimate of drug-likeness (QED) is 0.345. The molecule has 0 saturated carbocycles. The highest BCUT2D eigenvalue weighted by Crippen LogP contribution is 2.20. The summed E-state index contributed by atoms with van der Waals surface area (Å²) in [5.74, 6) is 0.391. The number of nitrogens with one attached hydrogen (secondary N) is 1. The lowest BCUT2D eigenvalue weighted by atomic mass is 10.1. The van der Waals surface area contributed by atoms with Gasteiger partial charge in [-0.25, -0.2) is 4.39 Å². The molecule has 0 radical (unpaired) electrons. The van der Waals surface area contributed by atoms with Crippen molar-refractivity contribution in [3.63, 3.8) is 0 Å². The summed E-state index contributed by atoms with van der Waals surface area (Å²) in [4.78, 5) is 22.6. The molecule has 3 rings (SSSR count). The van der Waals surface area contributed by atoms with Gasteiger partial charge in [0.2, 0.25) is 5.91 Å². The first-order valence-corrected chi connectivity index (χ1v) is 10.2. The number of aryl methyl sites for hydroxylation is 1. The number of carbonyl (C=O) groups excluding carboxylic acids is 1. The van der Waals surface area contributed by atoms with Gasteiger partial charge in [0.05, 0.1) is 17.6 Å². The second-order valence-corrected chi connectivity index (χ2v) is 7.20. The number of guanidine groups is 1. The van der Waals surface area contributed by atoms with Gasteiger partial charge in [0.15, 0.2) is 5.96 Å². The standard InChI is InChI=1S/C21H30FN7O.HI/c1-5-27(6-2)19-8-7-16(11-18(19)22)12-24-21(23-3)28-9-10-29(20(30)15-28)17-13-25-26(4)14-17;/h7-8,11,13-14H,5-6,9-10,12,15H2,1-4H3,(H,23,24);1H. The Labute approximate surface area is 200 Å². The molecule has 1 N–H and O–H groups in total. The number of hydrogen-bond donors (Lipinski definition) is 1. The zero-order chi connectivity index (χ0) is 21.7. The minimum absolute atomic E-state index is 0. The van der Waals surface area contributed by atoms with Crippen molar-refractivity contribution in [1.82, 2.24) is 20.0 Å². The number of carbonyl (C=O) groups is 1. The number of rotatable bonds is 6. The third kappa shape index (κ3) is 5.86. The molecule has 1 saturated heterocycles. The first-order valence-electron chi connectivity index (χ1n) is 10.2. The summed E-state index contributed by atoms with van der Waals surface area (Å²) in [7, 11) is 3.51. The van der Waals surface area contributed by atoms with E-state index in [-0.39, 0.29) is 42.2 Å². The number of anilines is 2. The van der Waals surface area contributed by atoms with Gasteiger partial charge >= 0.3 is 0 Å². The van der Waals surface area contributed by atoms with Crippen LogP contribution < -0.4 is 15.1 Å². The largest absolute Gasteiger partial charge is 0.370 e. The van der Waals surface area contributed by atoms with Crippen LogP contribution in [-0.2, 0) is 18.4 Å². The lowest BCUT2D eigenvalue weighted by molar-refractivity contribution is -0.120. The number of aliphatic imine (C=N–C) groups is 1. The lowest BCUT2D eigenvalue weighted by Crippen LogP contribution is -2.55. The SMILES string of the molecule is CCN(CC)c1ccc(CNC(=NC)N2CCN(c3cnn(C)c3)C(=O)C2)cc1F.I. The Morgan fingerprint density at radius 2 is 2.03 bits per heavy atom. The highest BCUT2D eigenvalue weighted by atomic mass is 127. The summed E-state index contributed by atoms with van der Waals surface area (Å²) in [5.41, 5.74) is 2.24. The Bertz CT molecular complexity index is 913. The number of piperazine rings is 1. The van der Waals surface area contributed by atoms with Crippen LogP contribution in [0.2, 0.25) is 0 Å². The van der Waals surface area contributed by atoms with Gasteiger partial charge in [0.1, 0.15) is 12.4 Å². The smallest absolute Gasteiger partial charge is 0.246 e. The van der Waals surface area contributed by atoms with E-state index < -0.39 is 0 Å². The monoisotopic (exact) mass is 543 g/mol. The van der Waals surface area contributed by atoms with E-state index in [2.05, 4.69) is 15.4 Å². The summed E-state index contributed by atoms with van der Waals surface area (Å²) in [6, 6.07) is 5.29. The van der Waals surface area contributed by atoms with Gasteiger partial charge in [-0.3, -0.25) is 14.5 Å². The van der Waals surface area contributed by atoms with E-state index in [9.17, 15) is 9.18 Å². The maximum absolute atomic E-state index is 14.5. The Hall–Kier alpha value is -2.37.